The van der Waals surface area contributed by atoms with Gasteiger partial charge in [0, 0.05) is 91.3 Å². The Kier molecular flexibility index (Phi) is 16.1. The number of ether oxygens (including phenoxy) is 13. The third-order valence-corrected chi connectivity index (χ3v) is 17.5. The second-order valence-electron chi connectivity index (χ2n) is 21.6. The van der Waals surface area contributed by atoms with E-state index in [1.165, 1.54) is 0 Å². The van der Waals surface area contributed by atoms with E-state index in [0.717, 1.165) is 32.1 Å². The van der Waals surface area contributed by atoms with Crippen LogP contribution in [0, 0.1) is 29.6 Å². The highest BCUT2D eigenvalue weighted by molar-refractivity contribution is 5.69. The molecule has 7 heterocycles. The van der Waals surface area contributed by atoms with Gasteiger partial charge >= 0.3 is 5.97 Å². The molecule has 24 atom stereocenters. The molecule has 17 heteroatoms. The summed E-state index contributed by atoms with van der Waals surface area (Å²) in [4.78, 5) is 12.1. The fraction of sp³-hybridized carbons (Fsp3) is 0.980. The number of methoxy groups -OCH3 is 5. The quantitative estimate of drug-likeness (QED) is 0.190. The van der Waals surface area contributed by atoms with Gasteiger partial charge in [-0.05, 0) is 59.8 Å². The summed E-state index contributed by atoms with van der Waals surface area (Å²) in [7, 11) is 8.36. The maximum Gasteiger partial charge on any atom is 0.306 e. The molecule has 7 saturated heterocycles. The minimum Gasteiger partial charge on any atom is -0.481 e. The molecule has 0 aromatic rings. The van der Waals surface area contributed by atoms with Crippen molar-refractivity contribution in [1.82, 2.24) is 0 Å². The second kappa shape index (κ2) is 20.2. The molecule has 0 amide bonds. The maximum atomic E-state index is 12.2. The number of hydrogen-bond acceptors (Lipinski definition) is 16. The molecule has 0 saturated carbocycles. The first-order valence-electron chi connectivity index (χ1n) is 24.7. The minimum absolute atomic E-state index is 0.0219. The summed E-state index contributed by atoms with van der Waals surface area (Å²) < 4.78 is 84.7. The van der Waals surface area contributed by atoms with Crippen molar-refractivity contribution in [2.45, 2.75) is 241 Å². The molecular formula is C49H84O17. The summed E-state index contributed by atoms with van der Waals surface area (Å²) in [5.74, 6) is -7.01. The van der Waals surface area contributed by atoms with E-state index >= 15 is 0 Å². The van der Waals surface area contributed by atoms with Crippen LogP contribution >= 0.6 is 0 Å². The molecule has 0 aromatic heterocycles. The Balaban J connectivity index is 1.09. The highest BCUT2D eigenvalue weighted by atomic mass is 16.7. The van der Waals surface area contributed by atoms with E-state index < -0.39 is 71.2 Å². The van der Waals surface area contributed by atoms with Crippen LogP contribution in [-0.4, -0.2) is 171 Å². The number of aliphatic hydroxyl groups is 2. The van der Waals surface area contributed by atoms with E-state index in [1.807, 2.05) is 20.8 Å². The Bertz CT molecular complexity index is 1640. The lowest BCUT2D eigenvalue weighted by Gasteiger charge is -2.54. The highest BCUT2D eigenvalue weighted by Crippen LogP contribution is 2.57. The van der Waals surface area contributed by atoms with Crippen molar-refractivity contribution >= 4 is 5.97 Å². The van der Waals surface area contributed by atoms with Gasteiger partial charge in [-0.1, -0.05) is 34.6 Å². The molecule has 66 heavy (non-hydrogen) atoms. The van der Waals surface area contributed by atoms with Crippen molar-refractivity contribution in [1.29, 1.82) is 0 Å². The number of carboxylic acid groups (broad SMARTS) is 1. The first kappa shape index (κ1) is 52.7. The normalized spacial score (nSPS) is 52.8. The summed E-state index contributed by atoms with van der Waals surface area (Å²) >= 11 is 0. The van der Waals surface area contributed by atoms with Crippen molar-refractivity contribution in [2.24, 2.45) is 29.6 Å². The third-order valence-electron chi connectivity index (χ3n) is 17.5. The van der Waals surface area contributed by atoms with Gasteiger partial charge in [0.05, 0.1) is 85.3 Å². The van der Waals surface area contributed by atoms with Gasteiger partial charge < -0.3 is 76.9 Å². The van der Waals surface area contributed by atoms with Gasteiger partial charge in [-0.15, -0.1) is 0 Å². The lowest BCUT2D eigenvalue weighted by molar-refractivity contribution is -0.376. The van der Waals surface area contributed by atoms with E-state index in [-0.39, 0.29) is 97.9 Å². The predicted molar refractivity (Wildman–Crippen MR) is 237 cm³/mol. The van der Waals surface area contributed by atoms with E-state index in [9.17, 15) is 20.1 Å². The largest absolute Gasteiger partial charge is 0.481 e. The Morgan fingerprint density at radius 2 is 1.41 bits per heavy atom. The number of carbonyl (C=O) groups is 1. The van der Waals surface area contributed by atoms with Crippen molar-refractivity contribution in [3.05, 3.63) is 0 Å². The van der Waals surface area contributed by atoms with Crippen molar-refractivity contribution in [3.63, 3.8) is 0 Å². The van der Waals surface area contributed by atoms with Crippen LogP contribution in [0.1, 0.15) is 127 Å². The summed E-state index contributed by atoms with van der Waals surface area (Å²) in [6.07, 6.45) is -0.179. The first-order valence-corrected chi connectivity index (χ1v) is 24.7. The van der Waals surface area contributed by atoms with Crippen molar-refractivity contribution < 1.29 is 81.7 Å². The van der Waals surface area contributed by atoms with E-state index in [1.54, 1.807) is 49.4 Å². The van der Waals surface area contributed by atoms with Gasteiger partial charge in [0.1, 0.15) is 11.2 Å². The van der Waals surface area contributed by atoms with Crippen LogP contribution in [0.4, 0.5) is 0 Å². The molecule has 0 aliphatic carbocycles. The first-order chi connectivity index (χ1) is 31.0. The molecule has 0 aromatic carbocycles. The molecule has 1 spiro atoms. The Morgan fingerprint density at radius 3 is 2.03 bits per heavy atom. The number of hydrogen-bond donors (Lipinski definition) is 3. The van der Waals surface area contributed by atoms with Crippen LogP contribution in [0.25, 0.3) is 0 Å². The lowest BCUT2D eigenvalue weighted by atomic mass is 9.75. The molecule has 7 aliphatic rings. The summed E-state index contributed by atoms with van der Waals surface area (Å²) in [5, 5.41) is 33.3. The van der Waals surface area contributed by atoms with Crippen molar-refractivity contribution in [2.75, 3.05) is 35.5 Å². The topological polar surface area (TPSA) is 198 Å². The molecule has 0 bridgehead atoms. The predicted octanol–water partition coefficient (Wildman–Crippen LogP) is 5.36. The van der Waals surface area contributed by atoms with Gasteiger partial charge in [-0.3, -0.25) is 4.79 Å². The Hall–Kier alpha value is -1.13. The molecule has 24 unspecified atom stereocenters. The fourth-order valence-corrected chi connectivity index (χ4v) is 13.3. The molecular weight excluding hydrogens is 861 g/mol. The molecule has 382 valence electrons. The van der Waals surface area contributed by atoms with Gasteiger partial charge in [0.25, 0.3) is 0 Å². The van der Waals surface area contributed by atoms with E-state index in [0.29, 0.717) is 12.8 Å². The Morgan fingerprint density at radius 1 is 0.742 bits per heavy atom. The zero-order valence-electron chi connectivity index (χ0n) is 42.1. The van der Waals surface area contributed by atoms with Crippen LogP contribution in [0.15, 0.2) is 0 Å². The summed E-state index contributed by atoms with van der Waals surface area (Å²) in [6, 6.07) is 0. The average Bonchev–Trinajstić information content (AvgIpc) is 4.01. The van der Waals surface area contributed by atoms with Gasteiger partial charge in [0.15, 0.2) is 23.7 Å². The van der Waals surface area contributed by atoms with E-state index in [4.69, 9.17) is 61.6 Å². The molecule has 3 N–H and O–H groups in total. The summed E-state index contributed by atoms with van der Waals surface area (Å²) in [5.41, 5.74) is -2.04. The van der Waals surface area contributed by atoms with Crippen LogP contribution in [-0.2, 0) is 66.4 Å². The second-order valence-corrected chi connectivity index (χ2v) is 21.6. The fourth-order valence-electron chi connectivity index (χ4n) is 13.3. The maximum absolute atomic E-state index is 12.2. The standard InChI is InChI=1S/C49H84O17/c1-25(44(50)51)23-48(53)24-39(62-40-20-18-32(54-10)30(6)59-40)45(7,58-14)38(64-48)22-31-21-36(55-11)27(3)49(63-31)29(5)43(57-13)46(8,66-49)37-19-17-34(61-37)33-15-16-35(60-33)42-26(2)41(56-12)28(4)47(9,52)65-42/h25-43,52-53H,15-24H2,1-14H3,(H,50,51). The average molecular weight is 945 g/mol. The smallest absolute Gasteiger partial charge is 0.306 e. The van der Waals surface area contributed by atoms with Crippen LogP contribution in [0.5, 0.6) is 0 Å². The van der Waals surface area contributed by atoms with Crippen LogP contribution in [0.2, 0.25) is 0 Å². The summed E-state index contributed by atoms with van der Waals surface area (Å²) in [6.45, 7) is 17.4. The monoisotopic (exact) mass is 945 g/mol. The molecule has 7 rings (SSSR count). The highest BCUT2D eigenvalue weighted by Gasteiger charge is 2.69. The lowest BCUT2D eigenvalue weighted by Crippen LogP contribution is -2.66. The minimum atomic E-state index is -1.86. The molecule has 7 aliphatic heterocycles. The van der Waals surface area contributed by atoms with E-state index in [2.05, 4.69) is 27.7 Å². The zero-order chi connectivity index (χ0) is 48.3. The SMILES string of the molecule is COC1CCC(OC2CC(O)(CC(C)C(=O)O)OC(CC3CC(OC)C(C)C4(O3)OC(C)(C3CCC(C5CCC(C6OC(C)(O)C(C)C(OC)C6C)O5)O3)C(OC)C4C)C2(C)OC)OC1C. The van der Waals surface area contributed by atoms with Crippen LogP contribution < -0.4 is 0 Å². The Labute approximate surface area is 392 Å². The van der Waals surface area contributed by atoms with Crippen LogP contribution in [0.3, 0.4) is 0 Å². The molecule has 7 fully saturated rings. The third kappa shape index (κ3) is 9.66. The zero-order valence-corrected chi connectivity index (χ0v) is 42.1. The van der Waals surface area contributed by atoms with Crippen molar-refractivity contribution in [3.8, 4) is 0 Å². The van der Waals surface area contributed by atoms with Gasteiger partial charge in [-0.2, -0.15) is 0 Å². The molecule has 0 radical (unpaired) electrons. The molecule has 17 nitrogen and oxygen atoms in total. The number of aliphatic carboxylic acids is 1. The number of carboxylic acids is 1. The van der Waals surface area contributed by atoms with Gasteiger partial charge in [0.2, 0.25) is 0 Å². The number of rotatable bonds is 15. The van der Waals surface area contributed by atoms with Gasteiger partial charge in [-0.25, -0.2) is 0 Å².